The maximum Gasteiger partial charge on any atom is 0.408 e. The summed E-state index contributed by atoms with van der Waals surface area (Å²) < 4.78 is 36.2. The van der Waals surface area contributed by atoms with E-state index >= 15 is 0 Å². The summed E-state index contributed by atoms with van der Waals surface area (Å²) in [7, 11) is -4.55. The van der Waals surface area contributed by atoms with Gasteiger partial charge in [0, 0.05) is 11.8 Å². The Labute approximate surface area is 226 Å². The minimum Gasteiger partial charge on any atom is -0.744 e. The molecule has 0 spiro atoms. The number of benzene rings is 4. The first-order chi connectivity index (χ1) is 18.0. The zero-order chi connectivity index (χ0) is 28.0. The molecule has 0 amide bonds. The van der Waals surface area contributed by atoms with Crippen molar-refractivity contribution in [2.24, 2.45) is 0 Å². The maximum atomic E-state index is 12.1. The number of hydrogen-bond donors (Lipinski definition) is 1. The summed E-state index contributed by atoms with van der Waals surface area (Å²) in [6, 6.07) is 24.4. The zero-order valence-electron chi connectivity index (χ0n) is 22.8. The molecule has 0 aliphatic heterocycles. The molecule has 6 nitrogen and oxygen atoms in total. The lowest BCUT2D eigenvalue weighted by Crippen LogP contribution is -2.14. The third-order valence-electron chi connectivity index (χ3n) is 6.33. The molecule has 0 aliphatic carbocycles. The highest BCUT2D eigenvalue weighted by Crippen LogP contribution is 2.43. The lowest BCUT2D eigenvalue weighted by Gasteiger charge is -2.29. The van der Waals surface area contributed by atoms with Crippen LogP contribution in [0.5, 0.6) is 0 Å². The number of para-hydroxylation sites is 2. The van der Waals surface area contributed by atoms with Crippen molar-refractivity contribution in [3.8, 4) is 0 Å². The summed E-state index contributed by atoms with van der Waals surface area (Å²) in [5.41, 5.74) is 5.15. The molecule has 0 saturated carbocycles. The Bertz CT molecular complexity index is 1560. The number of nitrogens with zero attached hydrogens (tertiary/aromatic N) is 2. The van der Waals surface area contributed by atoms with Crippen LogP contribution in [0.3, 0.4) is 0 Å². The fraction of sp³-hybridized carbons (Fsp3) is 0.290. The molecule has 0 fully saturated rings. The van der Waals surface area contributed by atoms with Crippen LogP contribution in [0.4, 0.5) is 17.1 Å². The summed E-state index contributed by atoms with van der Waals surface area (Å²) in [4.78, 5) is 3.17. The fourth-order valence-corrected chi connectivity index (χ4v) is 5.97. The van der Waals surface area contributed by atoms with Gasteiger partial charge < -0.3 is 9.87 Å². The second-order valence-electron chi connectivity index (χ2n) is 10.1. The van der Waals surface area contributed by atoms with Gasteiger partial charge in [0.05, 0.1) is 4.90 Å². The van der Waals surface area contributed by atoms with E-state index < -0.39 is 10.1 Å². The summed E-state index contributed by atoms with van der Waals surface area (Å²) in [5, 5.41) is 13.4. The molecule has 4 rings (SSSR count). The van der Waals surface area contributed by atoms with Crippen molar-refractivity contribution in [3.05, 3.63) is 101 Å². The Morgan fingerprint density at radius 3 is 1.71 bits per heavy atom. The zero-order valence-corrected chi connectivity index (χ0v) is 23.6. The number of rotatable bonds is 6. The van der Waals surface area contributed by atoms with Crippen LogP contribution in [0, 0.1) is 5.39 Å². The number of anilines is 2. The van der Waals surface area contributed by atoms with Crippen LogP contribution in [0.1, 0.15) is 76.0 Å². The van der Waals surface area contributed by atoms with Crippen molar-refractivity contribution >= 4 is 38.0 Å². The number of nitrogens with one attached hydrogen (secondary N) is 1. The van der Waals surface area contributed by atoms with Crippen LogP contribution in [0.2, 0.25) is 0 Å². The average Bonchev–Trinajstić information content (AvgIpc) is 2.87. The summed E-state index contributed by atoms with van der Waals surface area (Å²) in [6.07, 6.45) is 0. The highest BCUT2D eigenvalue weighted by molar-refractivity contribution is 7.86. The molecule has 198 valence electrons. The molecule has 0 radical (unpaired) electrons. The van der Waals surface area contributed by atoms with E-state index in [9.17, 15) is 13.0 Å². The molecule has 38 heavy (non-hydrogen) atoms. The highest BCUT2D eigenvalue weighted by Gasteiger charge is 2.26. The second-order valence-corrected chi connectivity index (χ2v) is 11.5. The molecular weight excluding hydrogens is 494 g/mol. The highest BCUT2D eigenvalue weighted by atomic mass is 32.2. The number of hydrogen-bond acceptors (Lipinski definition) is 5. The first-order valence-corrected chi connectivity index (χ1v) is 14.2. The maximum absolute atomic E-state index is 12.1. The van der Waals surface area contributed by atoms with Gasteiger partial charge in [-0.3, -0.25) is 0 Å². The average molecular weight is 530 g/mol. The monoisotopic (exact) mass is 529 g/mol. The van der Waals surface area contributed by atoms with E-state index in [1.54, 1.807) is 18.2 Å². The van der Waals surface area contributed by atoms with Crippen molar-refractivity contribution in [2.45, 2.75) is 64.2 Å². The van der Waals surface area contributed by atoms with E-state index in [1.807, 2.05) is 74.5 Å². The Balaban J connectivity index is 0.000000230. The largest absolute Gasteiger partial charge is 0.744 e. The van der Waals surface area contributed by atoms with Crippen LogP contribution in [-0.4, -0.2) is 13.0 Å². The van der Waals surface area contributed by atoms with Gasteiger partial charge in [-0.25, -0.2) is 8.42 Å². The van der Waals surface area contributed by atoms with Crippen LogP contribution >= 0.6 is 0 Å². The van der Waals surface area contributed by atoms with Gasteiger partial charge in [-0.15, -0.1) is 0 Å². The van der Waals surface area contributed by atoms with Crippen molar-refractivity contribution in [3.63, 3.8) is 0 Å². The summed E-state index contributed by atoms with van der Waals surface area (Å²) >= 11 is 0. The van der Waals surface area contributed by atoms with Crippen LogP contribution in [0.25, 0.3) is 15.7 Å². The topological polar surface area (TPSA) is 97.4 Å². The van der Waals surface area contributed by atoms with Crippen molar-refractivity contribution in [1.29, 1.82) is 5.39 Å². The molecule has 1 N–H and O–H groups in total. The van der Waals surface area contributed by atoms with E-state index in [2.05, 4.69) is 38.0 Å². The molecule has 0 saturated heterocycles. The third-order valence-corrected chi connectivity index (χ3v) is 7.27. The smallest absolute Gasteiger partial charge is 0.408 e. The molecule has 4 aromatic carbocycles. The van der Waals surface area contributed by atoms with Gasteiger partial charge in [-0.05, 0) is 63.4 Å². The molecule has 0 bridgehead atoms. The normalized spacial score (nSPS) is 11.4. The van der Waals surface area contributed by atoms with E-state index in [1.165, 1.54) is 0 Å². The lowest BCUT2D eigenvalue weighted by molar-refractivity contribution is 0.462. The molecule has 4 aromatic rings. The van der Waals surface area contributed by atoms with Crippen LogP contribution in [0.15, 0.2) is 83.8 Å². The summed E-state index contributed by atoms with van der Waals surface area (Å²) in [6.45, 7) is 12.3. The van der Waals surface area contributed by atoms with Crippen molar-refractivity contribution in [1.82, 2.24) is 0 Å². The Hall–Kier alpha value is -3.73. The predicted molar refractivity (Wildman–Crippen MR) is 155 cm³/mol. The first-order valence-electron chi connectivity index (χ1n) is 12.8. The van der Waals surface area contributed by atoms with Gasteiger partial charge in [-0.1, -0.05) is 96.1 Å². The fourth-order valence-electron chi connectivity index (χ4n) is 4.90. The van der Waals surface area contributed by atoms with E-state index in [4.69, 9.17) is 5.39 Å². The van der Waals surface area contributed by atoms with Crippen molar-refractivity contribution < 1.29 is 13.0 Å². The third kappa shape index (κ3) is 6.39. The van der Waals surface area contributed by atoms with Gasteiger partial charge >= 0.3 is 5.69 Å². The minimum absolute atomic E-state index is 0.0313. The quantitative estimate of drug-likeness (QED) is 0.198. The van der Waals surface area contributed by atoms with Gasteiger partial charge in [0.2, 0.25) is 5.39 Å². The van der Waals surface area contributed by atoms with Crippen LogP contribution < -0.4 is 5.32 Å². The van der Waals surface area contributed by atoms with E-state index in [0.29, 0.717) is 16.6 Å². The Morgan fingerprint density at radius 2 is 1.18 bits per heavy atom. The molecule has 0 aromatic heterocycles. The van der Waals surface area contributed by atoms with Gasteiger partial charge in [0.15, 0.2) is 4.98 Å². The number of diazo groups is 1. The Morgan fingerprint density at radius 1 is 0.684 bits per heavy atom. The van der Waals surface area contributed by atoms with Crippen LogP contribution in [-0.2, 0) is 10.1 Å². The second kappa shape index (κ2) is 12.2. The first kappa shape index (κ1) is 28.8. The molecule has 7 heteroatoms. The molecule has 0 heterocycles. The van der Waals surface area contributed by atoms with Gasteiger partial charge in [0.1, 0.15) is 15.8 Å². The molecule has 0 unspecified atom stereocenters. The lowest BCUT2D eigenvalue weighted by atomic mass is 9.80. The van der Waals surface area contributed by atoms with Crippen molar-refractivity contribution in [2.75, 3.05) is 5.32 Å². The van der Waals surface area contributed by atoms with Gasteiger partial charge in [-0.2, -0.15) is 0 Å². The number of fused-ring (bicyclic) bond motifs is 1. The standard InChI is InChI=1S/C19H26O3S.C12H10N3/c1-11(2)16-14-9-7-8-10-15(14)19(23(20,21)22)18(13(5)6)17(16)12(3)4;13-15-12-9-5-4-8-11(12)14-10-6-2-1-3-7-10/h7-13H,1-6H3,(H,20,21,22);1-9,14H/q;+1/p-1. The minimum atomic E-state index is -4.55. The van der Waals surface area contributed by atoms with Gasteiger partial charge in [0.25, 0.3) is 0 Å². The molecule has 0 aliphatic rings. The SMILES string of the molecule is CC(C)c1c(C(C)C)c(S(=O)(=O)[O-])c2ccccc2c1C(C)C.N#[N+]c1ccccc1Nc1ccccc1. The molecule has 0 atom stereocenters. The summed E-state index contributed by atoms with van der Waals surface area (Å²) in [5.74, 6) is 0.362. The van der Waals surface area contributed by atoms with E-state index in [-0.39, 0.29) is 22.6 Å². The predicted octanol–water partition coefficient (Wildman–Crippen LogP) is 9.03. The molecular formula is C31H35N3O3S. The van der Waals surface area contributed by atoms with E-state index in [0.717, 1.165) is 27.9 Å². The Kier molecular flexibility index (Phi) is 9.26.